The largest absolute Gasteiger partial charge is 0.490 e. The SMILES string of the molecule is CCOc1cc(C(=O)NCC(CC)CC)ccc1OCC(=O)O. The van der Waals surface area contributed by atoms with Gasteiger partial charge in [-0.2, -0.15) is 0 Å². The van der Waals surface area contributed by atoms with Crippen molar-refractivity contribution in [2.24, 2.45) is 5.92 Å². The summed E-state index contributed by atoms with van der Waals surface area (Å²) in [5.74, 6) is -0.111. The van der Waals surface area contributed by atoms with Crippen LogP contribution >= 0.6 is 0 Å². The molecule has 2 N–H and O–H groups in total. The zero-order chi connectivity index (χ0) is 17.2. The summed E-state index contributed by atoms with van der Waals surface area (Å²) in [7, 11) is 0. The highest BCUT2D eigenvalue weighted by molar-refractivity contribution is 5.94. The van der Waals surface area contributed by atoms with Crippen LogP contribution in [-0.4, -0.2) is 36.7 Å². The number of aliphatic carboxylic acids is 1. The Morgan fingerprint density at radius 3 is 2.39 bits per heavy atom. The van der Waals surface area contributed by atoms with Crippen LogP contribution in [0.15, 0.2) is 18.2 Å². The maximum absolute atomic E-state index is 12.2. The molecule has 0 saturated heterocycles. The summed E-state index contributed by atoms with van der Waals surface area (Å²) in [4.78, 5) is 22.8. The lowest BCUT2D eigenvalue weighted by Crippen LogP contribution is -2.28. The zero-order valence-electron chi connectivity index (χ0n) is 13.9. The monoisotopic (exact) mass is 323 g/mol. The van der Waals surface area contributed by atoms with Crippen molar-refractivity contribution in [3.63, 3.8) is 0 Å². The van der Waals surface area contributed by atoms with Crippen LogP contribution in [0, 0.1) is 5.92 Å². The Morgan fingerprint density at radius 2 is 1.83 bits per heavy atom. The van der Waals surface area contributed by atoms with Gasteiger partial charge in [-0.3, -0.25) is 4.79 Å². The van der Waals surface area contributed by atoms with E-state index < -0.39 is 12.6 Å². The normalized spacial score (nSPS) is 10.4. The van der Waals surface area contributed by atoms with Crippen molar-refractivity contribution >= 4 is 11.9 Å². The molecule has 0 aliphatic rings. The summed E-state index contributed by atoms with van der Waals surface area (Å²) in [6.07, 6.45) is 2.03. The van der Waals surface area contributed by atoms with E-state index in [4.69, 9.17) is 14.6 Å². The summed E-state index contributed by atoms with van der Waals surface area (Å²) in [6, 6.07) is 4.73. The first-order chi connectivity index (χ1) is 11.0. The van der Waals surface area contributed by atoms with Crippen molar-refractivity contribution in [3.05, 3.63) is 23.8 Å². The Morgan fingerprint density at radius 1 is 1.13 bits per heavy atom. The van der Waals surface area contributed by atoms with Gasteiger partial charge in [0.05, 0.1) is 6.61 Å². The molecule has 0 aromatic heterocycles. The van der Waals surface area contributed by atoms with Crippen LogP contribution in [0.25, 0.3) is 0 Å². The fourth-order valence-electron chi connectivity index (χ4n) is 2.09. The maximum atomic E-state index is 12.2. The quantitative estimate of drug-likeness (QED) is 0.691. The Hall–Kier alpha value is -2.24. The third-order valence-electron chi connectivity index (χ3n) is 3.56. The van der Waals surface area contributed by atoms with Crippen molar-refractivity contribution in [2.75, 3.05) is 19.8 Å². The highest BCUT2D eigenvalue weighted by atomic mass is 16.5. The second kappa shape index (κ2) is 9.71. The van der Waals surface area contributed by atoms with Crippen molar-refractivity contribution in [2.45, 2.75) is 33.6 Å². The van der Waals surface area contributed by atoms with E-state index in [1.165, 1.54) is 0 Å². The van der Waals surface area contributed by atoms with E-state index in [0.29, 0.717) is 36.1 Å². The topological polar surface area (TPSA) is 84.9 Å². The van der Waals surface area contributed by atoms with Crippen molar-refractivity contribution in [3.8, 4) is 11.5 Å². The summed E-state index contributed by atoms with van der Waals surface area (Å²) in [5, 5.41) is 11.6. The summed E-state index contributed by atoms with van der Waals surface area (Å²) in [5.41, 5.74) is 0.460. The molecule has 1 aromatic rings. The molecule has 1 amide bonds. The minimum atomic E-state index is -1.07. The zero-order valence-corrected chi connectivity index (χ0v) is 13.9. The third kappa shape index (κ3) is 6.18. The Balaban J connectivity index is 2.80. The molecule has 1 aromatic carbocycles. The first-order valence-electron chi connectivity index (χ1n) is 7.91. The van der Waals surface area contributed by atoms with Crippen molar-refractivity contribution in [1.29, 1.82) is 0 Å². The van der Waals surface area contributed by atoms with Gasteiger partial charge in [-0.05, 0) is 31.0 Å². The number of hydrogen-bond donors (Lipinski definition) is 2. The van der Waals surface area contributed by atoms with Crippen molar-refractivity contribution < 1.29 is 24.2 Å². The molecule has 0 aliphatic heterocycles. The van der Waals surface area contributed by atoms with Crippen molar-refractivity contribution in [1.82, 2.24) is 5.32 Å². The van der Waals surface area contributed by atoms with E-state index in [9.17, 15) is 9.59 Å². The minimum absolute atomic E-state index is 0.178. The van der Waals surface area contributed by atoms with Gasteiger partial charge in [0.2, 0.25) is 0 Å². The number of ether oxygens (including phenoxy) is 2. The number of hydrogen-bond acceptors (Lipinski definition) is 4. The van der Waals surface area contributed by atoms with Gasteiger partial charge < -0.3 is 19.9 Å². The van der Waals surface area contributed by atoms with Crippen LogP contribution < -0.4 is 14.8 Å². The number of rotatable bonds is 10. The molecule has 0 spiro atoms. The average molecular weight is 323 g/mol. The summed E-state index contributed by atoms with van der Waals surface area (Å²) in [6.45, 7) is 6.57. The molecule has 128 valence electrons. The molecule has 0 radical (unpaired) electrons. The molecule has 0 atom stereocenters. The molecule has 0 bridgehead atoms. The van der Waals surface area contributed by atoms with Gasteiger partial charge in [0, 0.05) is 12.1 Å². The molecule has 1 rings (SSSR count). The van der Waals surface area contributed by atoms with Gasteiger partial charge in [0.25, 0.3) is 5.91 Å². The van der Waals surface area contributed by atoms with Gasteiger partial charge in [-0.25, -0.2) is 4.79 Å². The van der Waals surface area contributed by atoms with E-state index in [2.05, 4.69) is 19.2 Å². The standard InChI is InChI=1S/C17H25NO5/c1-4-12(5-2)10-18-17(21)13-7-8-14(23-11-16(19)20)15(9-13)22-6-3/h7-9,12H,4-6,10-11H2,1-3H3,(H,18,21)(H,19,20). The number of benzene rings is 1. The van der Waals surface area contributed by atoms with Crippen LogP contribution in [0.3, 0.4) is 0 Å². The average Bonchev–Trinajstić information content (AvgIpc) is 2.54. The summed E-state index contributed by atoms with van der Waals surface area (Å²) < 4.78 is 10.6. The van der Waals surface area contributed by atoms with Gasteiger partial charge in [-0.15, -0.1) is 0 Å². The third-order valence-corrected chi connectivity index (χ3v) is 3.56. The first kappa shape index (κ1) is 18.8. The Labute approximate surface area is 136 Å². The van der Waals surface area contributed by atoms with Crippen LogP contribution in [0.4, 0.5) is 0 Å². The molecule has 6 heteroatoms. The molecule has 0 unspecified atom stereocenters. The molecule has 23 heavy (non-hydrogen) atoms. The molecular weight excluding hydrogens is 298 g/mol. The molecular formula is C17H25NO5. The molecule has 6 nitrogen and oxygen atoms in total. The molecule has 0 aliphatic carbocycles. The van der Waals surface area contributed by atoms with E-state index in [1.807, 2.05) is 0 Å². The smallest absolute Gasteiger partial charge is 0.341 e. The maximum Gasteiger partial charge on any atom is 0.341 e. The lowest BCUT2D eigenvalue weighted by Gasteiger charge is -2.15. The minimum Gasteiger partial charge on any atom is -0.490 e. The highest BCUT2D eigenvalue weighted by Gasteiger charge is 2.13. The highest BCUT2D eigenvalue weighted by Crippen LogP contribution is 2.28. The number of carboxylic acids is 1. The van der Waals surface area contributed by atoms with E-state index >= 15 is 0 Å². The predicted molar refractivity (Wildman–Crippen MR) is 87.1 cm³/mol. The van der Waals surface area contributed by atoms with Gasteiger partial charge in [0.1, 0.15) is 0 Å². The van der Waals surface area contributed by atoms with Crippen LogP contribution in [0.1, 0.15) is 44.0 Å². The lowest BCUT2D eigenvalue weighted by molar-refractivity contribution is -0.139. The molecule has 0 saturated carbocycles. The van der Waals surface area contributed by atoms with Crippen LogP contribution in [-0.2, 0) is 4.79 Å². The van der Waals surface area contributed by atoms with Crippen LogP contribution in [0.2, 0.25) is 0 Å². The molecule has 0 heterocycles. The molecule has 0 fully saturated rings. The Bertz CT molecular complexity index is 526. The predicted octanol–water partition coefficient (Wildman–Crippen LogP) is 2.71. The van der Waals surface area contributed by atoms with Gasteiger partial charge >= 0.3 is 5.97 Å². The summed E-state index contributed by atoms with van der Waals surface area (Å²) >= 11 is 0. The second-order valence-electron chi connectivity index (χ2n) is 5.17. The van der Waals surface area contributed by atoms with E-state index in [-0.39, 0.29) is 5.91 Å². The number of nitrogens with one attached hydrogen (secondary N) is 1. The van der Waals surface area contributed by atoms with E-state index in [0.717, 1.165) is 12.8 Å². The number of carbonyl (C=O) groups excluding carboxylic acids is 1. The second-order valence-corrected chi connectivity index (χ2v) is 5.17. The fourth-order valence-corrected chi connectivity index (χ4v) is 2.09. The van der Waals surface area contributed by atoms with Gasteiger partial charge in [0.15, 0.2) is 18.1 Å². The van der Waals surface area contributed by atoms with Gasteiger partial charge in [-0.1, -0.05) is 26.7 Å². The number of carbonyl (C=O) groups is 2. The van der Waals surface area contributed by atoms with Crippen LogP contribution in [0.5, 0.6) is 11.5 Å². The number of carboxylic acid groups (broad SMARTS) is 1. The fraction of sp³-hybridized carbons (Fsp3) is 0.529. The lowest BCUT2D eigenvalue weighted by atomic mass is 10.0. The Kier molecular flexibility index (Phi) is 7.94. The van der Waals surface area contributed by atoms with E-state index in [1.54, 1.807) is 25.1 Å². The first-order valence-corrected chi connectivity index (χ1v) is 7.91. The number of amides is 1.